The van der Waals surface area contributed by atoms with Crippen LogP contribution in [0.2, 0.25) is 0 Å². The molecule has 0 aliphatic carbocycles. The van der Waals surface area contributed by atoms with Crippen LogP contribution in [0, 0.1) is 5.41 Å². The van der Waals surface area contributed by atoms with E-state index in [2.05, 4.69) is 20.8 Å². The van der Waals surface area contributed by atoms with Gasteiger partial charge in [-0.1, -0.05) is 20.8 Å². The van der Waals surface area contributed by atoms with Crippen molar-refractivity contribution in [1.82, 2.24) is 0 Å². The number of carboxylic acid groups (broad SMARTS) is 1. The average Bonchev–Trinajstić information content (AvgIpc) is 1.96. The summed E-state index contributed by atoms with van der Waals surface area (Å²) < 4.78 is 5.10. The van der Waals surface area contributed by atoms with Crippen LogP contribution in [0.25, 0.3) is 0 Å². The summed E-state index contributed by atoms with van der Waals surface area (Å²) in [5.74, 6) is -1.26. The lowest BCUT2D eigenvalue weighted by atomic mass is 9.93. The Bertz CT molecular complexity index is 191. The quantitative estimate of drug-likeness (QED) is 0.662. The van der Waals surface area contributed by atoms with Crippen LogP contribution in [0.1, 0.15) is 34.1 Å². The van der Waals surface area contributed by atoms with Crippen molar-refractivity contribution in [2.75, 3.05) is 13.2 Å². The molecule has 2 N–H and O–H groups in total. The van der Waals surface area contributed by atoms with Gasteiger partial charge in [0.25, 0.3) is 0 Å². The van der Waals surface area contributed by atoms with E-state index in [1.807, 2.05) is 0 Å². The normalized spacial score (nSPS) is 16.4. The molecule has 4 heteroatoms. The SMILES string of the molecule is CC(C)(C)CCOCC(C)(O)C(=O)O. The Labute approximate surface area is 84.9 Å². The number of carboxylic acids is 1. The lowest BCUT2D eigenvalue weighted by Crippen LogP contribution is -2.40. The molecule has 0 saturated carbocycles. The molecule has 0 aliphatic rings. The Kier molecular flexibility index (Phi) is 4.55. The monoisotopic (exact) mass is 204 g/mol. The van der Waals surface area contributed by atoms with Gasteiger partial charge in [-0.3, -0.25) is 0 Å². The van der Waals surface area contributed by atoms with E-state index in [0.29, 0.717) is 6.61 Å². The van der Waals surface area contributed by atoms with Crippen LogP contribution in [-0.2, 0) is 9.53 Å². The lowest BCUT2D eigenvalue weighted by Gasteiger charge is -2.21. The van der Waals surface area contributed by atoms with Crippen LogP contribution >= 0.6 is 0 Å². The first-order valence-electron chi connectivity index (χ1n) is 4.69. The molecule has 0 aromatic rings. The number of aliphatic hydroxyl groups is 1. The minimum atomic E-state index is -1.78. The highest BCUT2D eigenvalue weighted by molar-refractivity contribution is 5.76. The Balaban J connectivity index is 3.70. The maximum Gasteiger partial charge on any atom is 0.337 e. The van der Waals surface area contributed by atoms with Gasteiger partial charge in [0.2, 0.25) is 0 Å². The maximum atomic E-state index is 10.5. The van der Waals surface area contributed by atoms with Crippen LogP contribution in [0.5, 0.6) is 0 Å². The van der Waals surface area contributed by atoms with E-state index in [1.165, 1.54) is 6.92 Å². The molecule has 4 nitrogen and oxygen atoms in total. The summed E-state index contributed by atoms with van der Waals surface area (Å²) in [6, 6.07) is 0. The fourth-order valence-corrected chi connectivity index (χ4v) is 0.711. The molecule has 0 rings (SSSR count). The summed E-state index contributed by atoms with van der Waals surface area (Å²) in [6.45, 7) is 7.75. The first-order chi connectivity index (χ1) is 6.15. The molecule has 0 saturated heterocycles. The first kappa shape index (κ1) is 13.4. The molecule has 0 aliphatic heterocycles. The molecule has 0 spiro atoms. The largest absolute Gasteiger partial charge is 0.479 e. The number of ether oxygens (including phenoxy) is 1. The zero-order chi connectivity index (χ0) is 11.4. The van der Waals surface area contributed by atoms with Gasteiger partial charge in [0, 0.05) is 6.61 Å². The molecule has 84 valence electrons. The van der Waals surface area contributed by atoms with Gasteiger partial charge in [0.05, 0.1) is 6.61 Å². The Morgan fingerprint density at radius 2 is 1.79 bits per heavy atom. The van der Waals surface area contributed by atoms with E-state index < -0.39 is 11.6 Å². The third-order valence-corrected chi connectivity index (χ3v) is 1.84. The standard InChI is InChI=1S/C10H20O4/c1-9(2,3)5-6-14-7-10(4,13)8(11)12/h13H,5-7H2,1-4H3,(H,11,12). The van der Waals surface area contributed by atoms with E-state index in [4.69, 9.17) is 9.84 Å². The van der Waals surface area contributed by atoms with Gasteiger partial charge >= 0.3 is 5.97 Å². The van der Waals surface area contributed by atoms with E-state index in [-0.39, 0.29) is 12.0 Å². The molecule has 0 aromatic carbocycles. The van der Waals surface area contributed by atoms with Crippen LogP contribution < -0.4 is 0 Å². The van der Waals surface area contributed by atoms with Crippen LogP contribution in [0.4, 0.5) is 0 Å². The second-order valence-corrected chi connectivity index (χ2v) is 4.94. The second-order valence-electron chi connectivity index (χ2n) is 4.94. The maximum absolute atomic E-state index is 10.5. The van der Waals surface area contributed by atoms with Gasteiger partial charge in [-0.25, -0.2) is 4.79 Å². The third-order valence-electron chi connectivity index (χ3n) is 1.84. The van der Waals surface area contributed by atoms with E-state index in [9.17, 15) is 9.90 Å². The summed E-state index contributed by atoms with van der Waals surface area (Å²) in [6.07, 6.45) is 0.836. The van der Waals surface area contributed by atoms with E-state index >= 15 is 0 Å². The summed E-state index contributed by atoms with van der Waals surface area (Å²) >= 11 is 0. The zero-order valence-corrected chi connectivity index (χ0v) is 9.33. The van der Waals surface area contributed by atoms with Crippen molar-refractivity contribution in [3.8, 4) is 0 Å². The van der Waals surface area contributed by atoms with E-state index in [0.717, 1.165) is 6.42 Å². The predicted molar refractivity (Wildman–Crippen MR) is 53.2 cm³/mol. The second kappa shape index (κ2) is 4.75. The van der Waals surface area contributed by atoms with Crippen molar-refractivity contribution in [2.24, 2.45) is 5.41 Å². The van der Waals surface area contributed by atoms with Gasteiger partial charge in [-0.2, -0.15) is 0 Å². The summed E-state index contributed by atoms with van der Waals surface area (Å²) in [7, 11) is 0. The smallest absolute Gasteiger partial charge is 0.337 e. The fourth-order valence-electron chi connectivity index (χ4n) is 0.711. The molecule has 1 atom stereocenters. The molecule has 0 heterocycles. The van der Waals surface area contributed by atoms with Gasteiger partial charge < -0.3 is 14.9 Å². The third kappa shape index (κ3) is 5.94. The summed E-state index contributed by atoms with van der Waals surface area (Å²) in [4.78, 5) is 10.5. The van der Waals surface area contributed by atoms with Crippen molar-refractivity contribution in [3.63, 3.8) is 0 Å². The van der Waals surface area contributed by atoms with Crippen molar-refractivity contribution >= 4 is 5.97 Å². The van der Waals surface area contributed by atoms with Crippen molar-refractivity contribution in [3.05, 3.63) is 0 Å². The topological polar surface area (TPSA) is 66.8 Å². The molecule has 0 amide bonds. The predicted octanol–water partition coefficient (Wildman–Crippen LogP) is 1.27. The van der Waals surface area contributed by atoms with Gasteiger partial charge in [0.1, 0.15) is 0 Å². The van der Waals surface area contributed by atoms with Crippen molar-refractivity contribution in [2.45, 2.75) is 39.7 Å². The minimum Gasteiger partial charge on any atom is -0.479 e. The molecule has 0 bridgehead atoms. The van der Waals surface area contributed by atoms with Crippen LogP contribution in [0.15, 0.2) is 0 Å². The van der Waals surface area contributed by atoms with Gasteiger partial charge in [-0.15, -0.1) is 0 Å². The Morgan fingerprint density at radius 3 is 2.14 bits per heavy atom. The summed E-state index contributed by atoms with van der Waals surface area (Å²) in [5, 5.41) is 17.9. The van der Waals surface area contributed by atoms with Crippen molar-refractivity contribution in [1.29, 1.82) is 0 Å². The lowest BCUT2D eigenvalue weighted by molar-refractivity contribution is -0.162. The highest BCUT2D eigenvalue weighted by Gasteiger charge is 2.30. The molecular weight excluding hydrogens is 184 g/mol. The minimum absolute atomic E-state index is 0.162. The van der Waals surface area contributed by atoms with Gasteiger partial charge in [-0.05, 0) is 18.8 Å². The number of rotatable bonds is 5. The fraction of sp³-hybridized carbons (Fsp3) is 0.900. The van der Waals surface area contributed by atoms with Crippen molar-refractivity contribution < 1.29 is 19.7 Å². The zero-order valence-electron chi connectivity index (χ0n) is 9.33. The van der Waals surface area contributed by atoms with Gasteiger partial charge in [0.15, 0.2) is 5.60 Å². The molecule has 0 fully saturated rings. The molecule has 0 radical (unpaired) electrons. The molecule has 0 aromatic heterocycles. The molecular formula is C10H20O4. The highest BCUT2D eigenvalue weighted by Crippen LogP contribution is 2.18. The number of carbonyl (C=O) groups is 1. The number of hydrogen-bond acceptors (Lipinski definition) is 3. The average molecular weight is 204 g/mol. The van der Waals surface area contributed by atoms with E-state index in [1.54, 1.807) is 0 Å². The Morgan fingerprint density at radius 1 is 1.29 bits per heavy atom. The number of hydrogen-bond donors (Lipinski definition) is 2. The molecule has 1 unspecified atom stereocenters. The van der Waals surface area contributed by atoms with Crippen LogP contribution in [0.3, 0.4) is 0 Å². The van der Waals surface area contributed by atoms with Crippen LogP contribution in [-0.4, -0.2) is 35.0 Å². The highest BCUT2D eigenvalue weighted by atomic mass is 16.5. The molecule has 14 heavy (non-hydrogen) atoms. The summed E-state index contributed by atoms with van der Waals surface area (Å²) in [5.41, 5.74) is -1.62. The first-order valence-corrected chi connectivity index (χ1v) is 4.69. The Hall–Kier alpha value is -0.610. The number of aliphatic carboxylic acids is 1.